The van der Waals surface area contributed by atoms with Crippen molar-refractivity contribution < 1.29 is 9.53 Å². The lowest BCUT2D eigenvalue weighted by molar-refractivity contribution is -0.133. The van der Waals surface area contributed by atoms with Gasteiger partial charge in [0, 0.05) is 19.5 Å². The molecule has 0 saturated heterocycles. The number of para-hydroxylation sites is 1. The number of carbonyl (C=O) groups is 1. The molecule has 1 aromatic carbocycles. The molecule has 1 N–H and O–H groups in total. The number of likely N-dealkylation sites (N-methyl/N-ethyl adjacent to an activating group) is 1. The van der Waals surface area contributed by atoms with Gasteiger partial charge in [0.15, 0.2) is 0 Å². The molecule has 0 saturated carbocycles. The summed E-state index contributed by atoms with van der Waals surface area (Å²) in [4.78, 5) is 13.7. The van der Waals surface area contributed by atoms with Crippen LogP contribution in [0.3, 0.4) is 0 Å². The van der Waals surface area contributed by atoms with Crippen molar-refractivity contribution >= 4 is 5.91 Å². The standard InChI is InChI=1S/C15H24N2O2/c1-4-16-12-13(2)15(18)17(3)10-11-19-14-8-6-5-7-9-14/h5-9,13,16H,4,10-12H2,1-3H3. The third-order valence-electron chi connectivity index (χ3n) is 2.94. The minimum Gasteiger partial charge on any atom is -0.492 e. The van der Waals surface area contributed by atoms with Gasteiger partial charge in [0.1, 0.15) is 12.4 Å². The number of nitrogens with zero attached hydrogens (tertiary/aromatic N) is 1. The highest BCUT2D eigenvalue weighted by atomic mass is 16.5. The maximum atomic E-state index is 12.0. The van der Waals surface area contributed by atoms with Crippen LogP contribution < -0.4 is 10.1 Å². The average molecular weight is 264 g/mol. The Hall–Kier alpha value is -1.55. The maximum absolute atomic E-state index is 12.0. The minimum absolute atomic E-state index is 0.00155. The zero-order valence-electron chi connectivity index (χ0n) is 12.1. The summed E-state index contributed by atoms with van der Waals surface area (Å²) in [6, 6.07) is 9.64. The highest BCUT2D eigenvalue weighted by molar-refractivity contribution is 5.78. The summed E-state index contributed by atoms with van der Waals surface area (Å²) in [6.45, 7) is 6.70. The molecule has 4 heteroatoms. The lowest BCUT2D eigenvalue weighted by Crippen LogP contribution is -2.38. The molecule has 0 aliphatic heterocycles. The summed E-state index contributed by atoms with van der Waals surface area (Å²) in [5, 5.41) is 3.19. The fourth-order valence-electron chi connectivity index (χ4n) is 1.75. The first-order valence-corrected chi connectivity index (χ1v) is 6.78. The van der Waals surface area contributed by atoms with Crippen LogP contribution in [-0.4, -0.2) is 44.1 Å². The van der Waals surface area contributed by atoms with Gasteiger partial charge in [0.25, 0.3) is 0 Å². The van der Waals surface area contributed by atoms with E-state index in [1.165, 1.54) is 0 Å². The number of ether oxygens (including phenoxy) is 1. The van der Waals surface area contributed by atoms with Crippen LogP contribution in [0.25, 0.3) is 0 Å². The van der Waals surface area contributed by atoms with Gasteiger partial charge in [0.05, 0.1) is 6.54 Å². The summed E-state index contributed by atoms with van der Waals surface area (Å²) >= 11 is 0. The van der Waals surface area contributed by atoms with Crippen LogP contribution in [-0.2, 0) is 4.79 Å². The van der Waals surface area contributed by atoms with E-state index in [1.807, 2.05) is 51.2 Å². The Morgan fingerprint density at radius 3 is 2.68 bits per heavy atom. The highest BCUT2D eigenvalue weighted by Gasteiger charge is 2.16. The van der Waals surface area contributed by atoms with E-state index < -0.39 is 0 Å². The lowest BCUT2D eigenvalue weighted by Gasteiger charge is -2.21. The SMILES string of the molecule is CCNCC(C)C(=O)N(C)CCOc1ccccc1. The van der Waals surface area contributed by atoms with Gasteiger partial charge in [-0.2, -0.15) is 0 Å². The Morgan fingerprint density at radius 1 is 1.37 bits per heavy atom. The van der Waals surface area contributed by atoms with E-state index in [2.05, 4.69) is 5.32 Å². The van der Waals surface area contributed by atoms with E-state index >= 15 is 0 Å². The van der Waals surface area contributed by atoms with Crippen molar-refractivity contribution in [2.24, 2.45) is 5.92 Å². The second kappa shape index (κ2) is 8.53. The fraction of sp³-hybridized carbons (Fsp3) is 0.533. The third kappa shape index (κ3) is 5.75. The van der Waals surface area contributed by atoms with Crippen LogP contribution in [0.15, 0.2) is 30.3 Å². The summed E-state index contributed by atoms with van der Waals surface area (Å²) in [5.74, 6) is 0.989. The van der Waals surface area contributed by atoms with E-state index in [9.17, 15) is 4.79 Å². The molecule has 1 rings (SSSR count). The number of benzene rings is 1. The largest absolute Gasteiger partial charge is 0.492 e. The molecule has 1 aromatic rings. The topological polar surface area (TPSA) is 41.6 Å². The molecule has 1 atom stereocenters. The Kier molecular flexibility index (Phi) is 6.97. The van der Waals surface area contributed by atoms with Gasteiger partial charge in [0.2, 0.25) is 5.91 Å². The number of carbonyl (C=O) groups excluding carboxylic acids is 1. The van der Waals surface area contributed by atoms with Gasteiger partial charge < -0.3 is 15.0 Å². The van der Waals surface area contributed by atoms with Gasteiger partial charge in [-0.25, -0.2) is 0 Å². The van der Waals surface area contributed by atoms with E-state index in [1.54, 1.807) is 4.90 Å². The second-order valence-corrected chi connectivity index (χ2v) is 4.63. The van der Waals surface area contributed by atoms with E-state index in [0.29, 0.717) is 13.2 Å². The van der Waals surface area contributed by atoms with Crippen LogP contribution in [0.5, 0.6) is 5.75 Å². The summed E-state index contributed by atoms with van der Waals surface area (Å²) in [6.07, 6.45) is 0. The molecule has 0 fully saturated rings. The molecule has 0 bridgehead atoms. The minimum atomic E-state index is 0.00155. The first-order chi connectivity index (χ1) is 9.15. The zero-order valence-corrected chi connectivity index (χ0v) is 12.1. The predicted molar refractivity (Wildman–Crippen MR) is 77.3 cm³/mol. The number of hydrogen-bond acceptors (Lipinski definition) is 3. The quantitative estimate of drug-likeness (QED) is 0.778. The number of nitrogens with one attached hydrogen (secondary N) is 1. The lowest BCUT2D eigenvalue weighted by atomic mass is 10.1. The summed E-state index contributed by atoms with van der Waals surface area (Å²) < 4.78 is 5.58. The molecular formula is C15H24N2O2. The molecule has 0 heterocycles. The smallest absolute Gasteiger partial charge is 0.226 e. The van der Waals surface area contributed by atoms with E-state index in [4.69, 9.17) is 4.74 Å². The van der Waals surface area contributed by atoms with Crippen LogP contribution in [0.2, 0.25) is 0 Å². The van der Waals surface area contributed by atoms with Crippen molar-refractivity contribution in [2.75, 3.05) is 33.3 Å². The Bertz CT molecular complexity index is 368. The molecule has 0 spiro atoms. The van der Waals surface area contributed by atoms with Crippen LogP contribution >= 0.6 is 0 Å². The van der Waals surface area contributed by atoms with Gasteiger partial charge in [-0.1, -0.05) is 32.0 Å². The van der Waals surface area contributed by atoms with Crippen LogP contribution in [0, 0.1) is 5.92 Å². The normalized spacial score (nSPS) is 11.9. The monoisotopic (exact) mass is 264 g/mol. The predicted octanol–water partition coefficient (Wildman–Crippen LogP) is 1.77. The van der Waals surface area contributed by atoms with Crippen molar-refractivity contribution in [3.8, 4) is 5.75 Å². The van der Waals surface area contributed by atoms with Crippen molar-refractivity contribution in [3.05, 3.63) is 30.3 Å². The molecule has 1 unspecified atom stereocenters. The number of hydrogen-bond donors (Lipinski definition) is 1. The van der Waals surface area contributed by atoms with E-state index in [-0.39, 0.29) is 11.8 Å². The molecule has 0 aliphatic carbocycles. The van der Waals surface area contributed by atoms with Gasteiger partial charge in [-0.3, -0.25) is 4.79 Å². The Balaban J connectivity index is 2.26. The van der Waals surface area contributed by atoms with Crippen molar-refractivity contribution in [1.29, 1.82) is 0 Å². The van der Waals surface area contributed by atoms with Gasteiger partial charge >= 0.3 is 0 Å². The van der Waals surface area contributed by atoms with Crippen molar-refractivity contribution in [3.63, 3.8) is 0 Å². The summed E-state index contributed by atoms with van der Waals surface area (Å²) in [5.41, 5.74) is 0. The molecule has 106 valence electrons. The van der Waals surface area contributed by atoms with Crippen molar-refractivity contribution in [2.45, 2.75) is 13.8 Å². The molecule has 0 radical (unpaired) electrons. The van der Waals surface area contributed by atoms with Crippen LogP contribution in [0.1, 0.15) is 13.8 Å². The Morgan fingerprint density at radius 2 is 2.05 bits per heavy atom. The van der Waals surface area contributed by atoms with Gasteiger partial charge in [-0.15, -0.1) is 0 Å². The van der Waals surface area contributed by atoms with E-state index in [0.717, 1.165) is 18.8 Å². The third-order valence-corrected chi connectivity index (χ3v) is 2.94. The maximum Gasteiger partial charge on any atom is 0.226 e. The van der Waals surface area contributed by atoms with Crippen molar-refractivity contribution in [1.82, 2.24) is 10.2 Å². The fourth-order valence-corrected chi connectivity index (χ4v) is 1.75. The number of rotatable bonds is 8. The summed E-state index contributed by atoms with van der Waals surface area (Å²) in [7, 11) is 1.82. The van der Waals surface area contributed by atoms with Crippen LogP contribution in [0.4, 0.5) is 0 Å². The molecule has 19 heavy (non-hydrogen) atoms. The first-order valence-electron chi connectivity index (χ1n) is 6.78. The average Bonchev–Trinajstić information content (AvgIpc) is 2.44. The second-order valence-electron chi connectivity index (χ2n) is 4.63. The molecule has 4 nitrogen and oxygen atoms in total. The zero-order chi connectivity index (χ0) is 14.1. The first kappa shape index (κ1) is 15.5. The van der Waals surface area contributed by atoms with Gasteiger partial charge in [-0.05, 0) is 18.7 Å². The molecule has 0 aromatic heterocycles. The molecule has 1 amide bonds. The molecular weight excluding hydrogens is 240 g/mol. The highest BCUT2D eigenvalue weighted by Crippen LogP contribution is 2.08. The molecule has 0 aliphatic rings. The number of amides is 1. The Labute approximate surface area is 115 Å².